The second-order valence-corrected chi connectivity index (χ2v) is 7.41. The van der Waals surface area contributed by atoms with Crippen LogP contribution in [0, 0.1) is 0 Å². The van der Waals surface area contributed by atoms with Crippen molar-refractivity contribution >= 4 is 22.4 Å². The SMILES string of the molecule is COc1cc2nc(Cc3ccccc3)nc(NC(C)c3cccc(N)c3)c2cc1OC. The zero-order valence-corrected chi connectivity index (χ0v) is 17.9. The molecule has 31 heavy (non-hydrogen) atoms. The van der Waals surface area contributed by atoms with Crippen LogP contribution in [0.3, 0.4) is 0 Å². The summed E-state index contributed by atoms with van der Waals surface area (Å²) in [4.78, 5) is 9.67. The van der Waals surface area contributed by atoms with Gasteiger partial charge in [0, 0.05) is 23.6 Å². The Balaban J connectivity index is 1.79. The number of nitrogens with two attached hydrogens (primary N) is 1. The van der Waals surface area contributed by atoms with E-state index >= 15 is 0 Å². The number of ether oxygens (including phenoxy) is 2. The topological polar surface area (TPSA) is 82.3 Å². The van der Waals surface area contributed by atoms with Crippen molar-refractivity contribution in [2.75, 3.05) is 25.3 Å². The molecule has 4 aromatic rings. The number of nitrogens with zero attached hydrogens (tertiary/aromatic N) is 2. The Morgan fingerprint density at radius 1 is 0.903 bits per heavy atom. The van der Waals surface area contributed by atoms with E-state index < -0.39 is 0 Å². The van der Waals surface area contributed by atoms with Gasteiger partial charge < -0.3 is 20.5 Å². The molecule has 1 heterocycles. The molecule has 4 rings (SSSR count). The van der Waals surface area contributed by atoms with E-state index in [4.69, 9.17) is 25.2 Å². The number of fused-ring (bicyclic) bond motifs is 1. The number of methoxy groups -OCH3 is 2. The molecule has 0 aliphatic heterocycles. The van der Waals surface area contributed by atoms with E-state index in [9.17, 15) is 0 Å². The van der Waals surface area contributed by atoms with Gasteiger partial charge in [-0.05, 0) is 36.2 Å². The van der Waals surface area contributed by atoms with Crippen LogP contribution >= 0.6 is 0 Å². The summed E-state index contributed by atoms with van der Waals surface area (Å²) in [6, 6.07) is 21.8. The molecule has 0 radical (unpaired) electrons. The summed E-state index contributed by atoms with van der Waals surface area (Å²) in [5.74, 6) is 2.74. The van der Waals surface area contributed by atoms with Gasteiger partial charge >= 0.3 is 0 Å². The highest BCUT2D eigenvalue weighted by Gasteiger charge is 2.16. The van der Waals surface area contributed by atoms with Gasteiger partial charge in [-0.15, -0.1) is 0 Å². The van der Waals surface area contributed by atoms with Crippen LogP contribution < -0.4 is 20.5 Å². The lowest BCUT2D eigenvalue weighted by Crippen LogP contribution is -2.11. The Morgan fingerprint density at radius 3 is 2.35 bits per heavy atom. The first-order chi connectivity index (χ1) is 15.1. The van der Waals surface area contributed by atoms with Gasteiger partial charge in [0.2, 0.25) is 0 Å². The van der Waals surface area contributed by atoms with Crippen LogP contribution in [0.15, 0.2) is 66.7 Å². The summed E-state index contributed by atoms with van der Waals surface area (Å²) >= 11 is 0. The minimum absolute atomic E-state index is 0.000674. The number of nitrogens with one attached hydrogen (secondary N) is 1. The summed E-state index contributed by atoms with van der Waals surface area (Å²) in [6.45, 7) is 2.08. The molecule has 158 valence electrons. The van der Waals surface area contributed by atoms with Crippen molar-refractivity contribution in [2.24, 2.45) is 0 Å². The van der Waals surface area contributed by atoms with Crippen molar-refractivity contribution in [1.29, 1.82) is 0 Å². The van der Waals surface area contributed by atoms with Crippen molar-refractivity contribution in [2.45, 2.75) is 19.4 Å². The summed E-state index contributed by atoms with van der Waals surface area (Å²) < 4.78 is 11.0. The van der Waals surface area contributed by atoms with E-state index in [1.54, 1.807) is 14.2 Å². The number of hydrogen-bond acceptors (Lipinski definition) is 6. The van der Waals surface area contributed by atoms with Crippen LogP contribution in [-0.4, -0.2) is 24.2 Å². The van der Waals surface area contributed by atoms with Crippen LogP contribution in [-0.2, 0) is 6.42 Å². The highest BCUT2D eigenvalue weighted by Crippen LogP contribution is 2.35. The highest BCUT2D eigenvalue weighted by molar-refractivity contribution is 5.92. The molecule has 0 fully saturated rings. The van der Waals surface area contributed by atoms with Gasteiger partial charge in [-0.2, -0.15) is 0 Å². The van der Waals surface area contributed by atoms with Crippen LogP contribution in [0.4, 0.5) is 11.5 Å². The van der Waals surface area contributed by atoms with Crippen LogP contribution in [0.25, 0.3) is 10.9 Å². The van der Waals surface area contributed by atoms with Gasteiger partial charge in [0.1, 0.15) is 11.6 Å². The zero-order valence-electron chi connectivity index (χ0n) is 17.9. The Kier molecular flexibility index (Phi) is 5.89. The average molecular weight is 415 g/mol. The van der Waals surface area contributed by atoms with Crippen molar-refractivity contribution < 1.29 is 9.47 Å². The summed E-state index contributed by atoms with van der Waals surface area (Å²) in [5, 5.41) is 4.41. The van der Waals surface area contributed by atoms with Gasteiger partial charge in [0.15, 0.2) is 11.5 Å². The lowest BCUT2D eigenvalue weighted by molar-refractivity contribution is 0.356. The molecule has 0 saturated carbocycles. The number of nitrogen functional groups attached to an aromatic ring is 1. The van der Waals surface area contributed by atoms with E-state index in [2.05, 4.69) is 24.4 Å². The minimum Gasteiger partial charge on any atom is -0.493 e. The molecule has 3 aromatic carbocycles. The fraction of sp³-hybridized carbons (Fsp3) is 0.200. The lowest BCUT2D eigenvalue weighted by atomic mass is 10.1. The van der Waals surface area contributed by atoms with Crippen molar-refractivity contribution in [3.05, 3.63) is 83.7 Å². The highest BCUT2D eigenvalue weighted by atomic mass is 16.5. The van der Waals surface area contributed by atoms with Crippen molar-refractivity contribution in [3.63, 3.8) is 0 Å². The molecule has 0 aliphatic rings. The van der Waals surface area contributed by atoms with Gasteiger partial charge in [-0.25, -0.2) is 9.97 Å². The zero-order chi connectivity index (χ0) is 21.8. The predicted octanol–water partition coefficient (Wildman–Crippen LogP) is 4.99. The quantitative estimate of drug-likeness (QED) is 0.415. The first kappa shape index (κ1) is 20.5. The summed E-state index contributed by atoms with van der Waals surface area (Å²) in [6.07, 6.45) is 0.631. The maximum Gasteiger partial charge on any atom is 0.162 e. The van der Waals surface area contributed by atoms with Crippen molar-refractivity contribution in [1.82, 2.24) is 9.97 Å². The molecule has 0 aliphatic carbocycles. The third kappa shape index (κ3) is 4.53. The van der Waals surface area contributed by atoms with Gasteiger partial charge in [0.25, 0.3) is 0 Å². The van der Waals surface area contributed by atoms with E-state index in [1.165, 1.54) is 0 Å². The molecule has 1 unspecified atom stereocenters. The first-order valence-electron chi connectivity index (χ1n) is 10.2. The Morgan fingerprint density at radius 2 is 1.65 bits per heavy atom. The molecule has 0 bridgehead atoms. The number of benzene rings is 3. The van der Waals surface area contributed by atoms with Gasteiger partial charge in [-0.3, -0.25) is 0 Å². The predicted molar refractivity (Wildman–Crippen MR) is 125 cm³/mol. The third-order valence-electron chi connectivity index (χ3n) is 5.22. The van der Waals surface area contributed by atoms with E-state index in [0.717, 1.165) is 39.4 Å². The summed E-state index contributed by atoms with van der Waals surface area (Å²) in [7, 11) is 3.24. The summed E-state index contributed by atoms with van der Waals surface area (Å²) in [5.41, 5.74) is 9.73. The molecular weight excluding hydrogens is 388 g/mol. The largest absolute Gasteiger partial charge is 0.493 e. The molecule has 3 N–H and O–H groups in total. The fourth-order valence-electron chi connectivity index (χ4n) is 3.59. The molecule has 0 spiro atoms. The van der Waals surface area contributed by atoms with Crippen molar-refractivity contribution in [3.8, 4) is 11.5 Å². The molecule has 6 nitrogen and oxygen atoms in total. The van der Waals surface area contributed by atoms with Crippen LogP contribution in [0.1, 0.15) is 29.9 Å². The van der Waals surface area contributed by atoms with Gasteiger partial charge in [0.05, 0.1) is 25.8 Å². The molecule has 1 atom stereocenters. The third-order valence-corrected chi connectivity index (χ3v) is 5.22. The standard InChI is InChI=1S/C25H26N4O2/c1-16(18-10-7-11-19(26)13-18)27-25-20-14-22(30-2)23(31-3)15-21(20)28-24(29-25)12-17-8-5-4-6-9-17/h4-11,13-16H,12,26H2,1-3H3,(H,27,28,29). The Labute approximate surface area is 182 Å². The molecule has 6 heteroatoms. The molecule has 0 amide bonds. The molecule has 0 saturated heterocycles. The minimum atomic E-state index is -0.000674. The van der Waals surface area contributed by atoms with Gasteiger partial charge in [-0.1, -0.05) is 42.5 Å². The number of anilines is 2. The number of aromatic nitrogens is 2. The number of hydrogen-bond donors (Lipinski definition) is 2. The van der Waals surface area contributed by atoms with Crippen LogP contribution in [0.5, 0.6) is 11.5 Å². The van der Waals surface area contributed by atoms with Crippen LogP contribution in [0.2, 0.25) is 0 Å². The molecular formula is C25H26N4O2. The van der Waals surface area contributed by atoms with E-state index in [-0.39, 0.29) is 6.04 Å². The first-order valence-corrected chi connectivity index (χ1v) is 10.2. The monoisotopic (exact) mass is 414 g/mol. The average Bonchev–Trinajstić information content (AvgIpc) is 2.79. The second-order valence-electron chi connectivity index (χ2n) is 7.41. The Bertz CT molecular complexity index is 1190. The normalized spacial score (nSPS) is 11.8. The lowest BCUT2D eigenvalue weighted by Gasteiger charge is -2.18. The van der Waals surface area contributed by atoms with E-state index in [1.807, 2.05) is 54.6 Å². The fourth-order valence-corrected chi connectivity index (χ4v) is 3.59. The smallest absolute Gasteiger partial charge is 0.162 e. The second kappa shape index (κ2) is 8.92. The molecule has 1 aromatic heterocycles. The van der Waals surface area contributed by atoms with E-state index in [0.29, 0.717) is 17.9 Å². The Hall–Kier alpha value is -3.80. The number of rotatable bonds is 7. The maximum absolute atomic E-state index is 5.98. The maximum atomic E-state index is 5.98.